The molecule has 2 aromatic carbocycles. The maximum absolute atomic E-state index is 13.5. The summed E-state index contributed by atoms with van der Waals surface area (Å²) in [6.45, 7) is 3.08. The molecule has 2 fully saturated rings. The smallest absolute Gasteiger partial charge is 0.243 e. The molecular formula is C30H37FN4O4. The minimum Gasteiger partial charge on any atom is -0.492 e. The Hall–Kier alpha value is -3.46. The van der Waals surface area contributed by atoms with E-state index in [-0.39, 0.29) is 41.8 Å². The summed E-state index contributed by atoms with van der Waals surface area (Å²) in [4.78, 5) is 41.5. The van der Waals surface area contributed by atoms with Crippen LogP contribution in [0.2, 0.25) is 0 Å². The predicted molar refractivity (Wildman–Crippen MR) is 145 cm³/mol. The standard InChI is InChI=1S/C30H37FN4O4/c1-18-28(36)34-25(15-19-7-11-22(31)12-8-19)29(37)33-17-21-16-24(21)23-5-3-4-6-26(23)39-14-13-32-27(20-9-10-20)30(38)35(18)2/h3-8,11-12,18,20-21,24-25,27,32H,9-10,13-17H2,1-2H3,(H,33,37)(H,34,36)/t18?,21-,24+,25?,27?/m1/s1. The quantitative estimate of drug-likeness (QED) is 0.560. The molecule has 0 radical (unpaired) electrons. The Labute approximate surface area is 228 Å². The third kappa shape index (κ3) is 6.58. The van der Waals surface area contributed by atoms with Crippen LogP contribution in [0.4, 0.5) is 4.39 Å². The van der Waals surface area contributed by atoms with Crippen molar-refractivity contribution in [1.82, 2.24) is 20.9 Å². The number of likely N-dealkylation sites (N-methyl/N-ethyl adjacent to an activating group) is 1. The molecule has 208 valence electrons. The van der Waals surface area contributed by atoms with E-state index in [4.69, 9.17) is 4.74 Å². The summed E-state index contributed by atoms with van der Waals surface area (Å²) in [5.41, 5.74) is 1.85. The molecule has 9 heteroatoms. The first-order valence-electron chi connectivity index (χ1n) is 13.9. The van der Waals surface area contributed by atoms with Crippen molar-refractivity contribution in [2.75, 3.05) is 26.7 Å². The minimum absolute atomic E-state index is 0.151. The summed E-state index contributed by atoms with van der Waals surface area (Å²) in [5.74, 6) is 0.398. The lowest BCUT2D eigenvalue weighted by Crippen LogP contribution is -2.56. The Bertz CT molecular complexity index is 1200. The summed E-state index contributed by atoms with van der Waals surface area (Å²) < 4.78 is 19.6. The molecule has 3 unspecified atom stereocenters. The number of nitrogens with one attached hydrogen (secondary N) is 3. The van der Waals surface area contributed by atoms with Gasteiger partial charge in [-0.25, -0.2) is 4.39 Å². The molecule has 3 aliphatic rings. The number of hydrogen-bond acceptors (Lipinski definition) is 5. The second kappa shape index (κ2) is 11.7. The Balaban J connectivity index is 1.37. The fraction of sp³-hybridized carbons (Fsp3) is 0.500. The summed E-state index contributed by atoms with van der Waals surface area (Å²) in [6.07, 6.45) is 3.07. The average molecular weight is 537 g/mol. The van der Waals surface area contributed by atoms with Crippen molar-refractivity contribution in [2.45, 2.75) is 56.7 Å². The molecule has 0 saturated heterocycles. The highest BCUT2D eigenvalue weighted by molar-refractivity contribution is 5.93. The predicted octanol–water partition coefficient (Wildman–Crippen LogP) is 2.38. The maximum Gasteiger partial charge on any atom is 0.243 e. The van der Waals surface area contributed by atoms with Crippen molar-refractivity contribution in [1.29, 1.82) is 0 Å². The third-order valence-electron chi connectivity index (χ3n) is 8.16. The van der Waals surface area contributed by atoms with Crippen LogP contribution in [0.15, 0.2) is 48.5 Å². The van der Waals surface area contributed by atoms with Gasteiger partial charge in [-0.1, -0.05) is 30.3 Å². The number of nitrogens with zero attached hydrogens (tertiary/aromatic N) is 1. The van der Waals surface area contributed by atoms with E-state index in [2.05, 4.69) is 22.0 Å². The van der Waals surface area contributed by atoms with Crippen LogP contribution in [0.3, 0.4) is 0 Å². The highest BCUT2D eigenvalue weighted by Crippen LogP contribution is 2.50. The van der Waals surface area contributed by atoms with Gasteiger partial charge in [0, 0.05) is 26.6 Å². The van der Waals surface area contributed by atoms with Gasteiger partial charge in [0.05, 0.1) is 6.04 Å². The fourth-order valence-electron chi connectivity index (χ4n) is 5.33. The number of fused-ring (bicyclic) bond motifs is 3. The topological polar surface area (TPSA) is 99.8 Å². The van der Waals surface area contributed by atoms with Crippen molar-refractivity contribution in [3.8, 4) is 5.75 Å². The van der Waals surface area contributed by atoms with Crippen LogP contribution in [-0.2, 0) is 20.8 Å². The zero-order chi connectivity index (χ0) is 27.5. The van der Waals surface area contributed by atoms with Gasteiger partial charge in [0.15, 0.2) is 0 Å². The third-order valence-corrected chi connectivity index (χ3v) is 8.16. The van der Waals surface area contributed by atoms with Crippen LogP contribution in [0, 0.1) is 17.7 Å². The molecule has 2 saturated carbocycles. The van der Waals surface area contributed by atoms with Crippen LogP contribution in [0.5, 0.6) is 5.75 Å². The Morgan fingerprint density at radius 3 is 2.49 bits per heavy atom. The molecule has 39 heavy (non-hydrogen) atoms. The number of para-hydroxylation sites is 1. The van der Waals surface area contributed by atoms with Gasteiger partial charge in [0.2, 0.25) is 17.7 Å². The highest BCUT2D eigenvalue weighted by atomic mass is 19.1. The number of ether oxygens (including phenoxy) is 1. The molecule has 2 aliphatic carbocycles. The monoisotopic (exact) mass is 536 g/mol. The SMILES string of the molecule is CC1C(=O)NC(Cc2ccc(F)cc2)C(=O)NC[C@H]2C[C@@H]2c2ccccc2OCCNC(C2CC2)C(=O)N1C. The molecule has 2 aromatic rings. The van der Waals surface area contributed by atoms with Gasteiger partial charge in [-0.15, -0.1) is 0 Å². The number of rotatable bonds is 3. The molecular weight excluding hydrogens is 499 g/mol. The number of amides is 3. The zero-order valence-electron chi connectivity index (χ0n) is 22.5. The molecule has 8 nitrogen and oxygen atoms in total. The maximum atomic E-state index is 13.5. The van der Waals surface area contributed by atoms with Crippen LogP contribution in [0.1, 0.15) is 43.2 Å². The van der Waals surface area contributed by atoms with Crippen molar-refractivity contribution in [3.05, 3.63) is 65.5 Å². The van der Waals surface area contributed by atoms with E-state index in [1.54, 1.807) is 26.1 Å². The van der Waals surface area contributed by atoms with E-state index < -0.39 is 24.0 Å². The van der Waals surface area contributed by atoms with Crippen molar-refractivity contribution < 1.29 is 23.5 Å². The number of benzene rings is 2. The van der Waals surface area contributed by atoms with Gasteiger partial charge in [-0.2, -0.15) is 0 Å². The molecule has 0 bridgehead atoms. The Morgan fingerprint density at radius 2 is 1.74 bits per heavy atom. The second-order valence-corrected chi connectivity index (χ2v) is 11.0. The van der Waals surface area contributed by atoms with Gasteiger partial charge in [0.25, 0.3) is 0 Å². The first kappa shape index (κ1) is 27.1. The van der Waals surface area contributed by atoms with Gasteiger partial charge < -0.3 is 25.6 Å². The van der Waals surface area contributed by atoms with Gasteiger partial charge >= 0.3 is 0 Å². The molecule has 3 amide bonds. The molecule has 3 N–H and O–H groups in total. The van der Waals surface area contributed by atoms with Gasteiger partial charge in [-0.05, 0) is 73.3 Å². The number of halogens is 1. The van der Waals surface area contributed by atoms with Gasteiger partial charge in [-0.3, -0.25) is 14.4 Å². The second-order valence-electron chi connectivity index (χ2n) is 11.0. The lowest BCUT2D eigenvalue weighted by molar-refractivity contribution is -0.141. The molecule has 5 atom stereocenters. The largest absolute Gasteiger partial charge is 0.492 e. The summed E-state index contributed by atoms with van der Waals surface area (Å²) in [6, 6.07) is 11.8. The van der Waals surface area contributed by atoms with E-state index in [0.717, 1.165) is 36.1 Å². The number of carbonyl (C=O) groups excluding carboxylic acids is 3. The van der Waals surface area contributed by atoms with E-state index in [1.165, 1.54) is 17.0 Å². The number of hydrogen-bond donors (Lipinski definition) is 3. The average Bonchev–Trinajstić information content (AvgIpc) is 3.87. The first-order valence-corrected chi connectivity index (χ1v) is 13.9. The zero-order valence-corrected chi connectivity index (χ0v) is 22.5. The van der Waals surface area contributed by atoms with Crippen molar-refractivity contribution in [2.24, 2.45) is 11.8 Å². The van der Waals surface area contributed by atoms with Crippen LogP contribution >= 0.6 is 0 Å². The first-order chi connectivity index (χ1) is 18.8. The lowest BCUT2D eigenvalue weighted by Gasteiger charge is -2.30. The van der Waals surface area contributed by atoms with Crippen LogP contribution < -0.4 is 20.7 Å². The van der Waals surface area contributed by atoms with E-state index >= 15 is 0 Å². The van der Waals surface area contributed by atoms with E-state index in [1.807, 2.05) is 18.2 Å². The molecule has 0 aromatic heterocycles. The van der Waals surface area contributed by atoms with Crippen molar-refractivity contribution in [3.63, 3.8) is 0 Å². The Morgan fingerprint density at radius 1 is 1.00 bits per heavy atom. The summed E-state index contributed by atoms with van der Waals surface area (Å²) in [7, 11) is 1.62. The van der Waals surface area contributed by atoms with Gasteiger partial charge in [0.1, 0.15) is 30.3 Å². The molecule has 1 heterocycles. The number of carbonyl (C=O) groups is 3. The summed E-state index contributed by atoms with van der Waals surface area (Å²) in [5, 5.41) is 9.24. The summed E-state index contributed by atoms with van der Waals surface area (Å²) >= 11 is 0. The fourth-order valence-corrected chi connectivity index (χ4v) is 5.33. The molecule has 0 spiro atoms. The molecule has 1 aliphatic heterocycles. The van der Waals surface area contributed by atoms with Crippen LogP contribution in [-0.4, -0.2) is 67.5 Å². The normalized spacial score (nSPS) is 28.6. The van der Waals surface area contributed by atoms with E-state index in [0.29, 0.717) is 19.7 Å². The van der Waals surface area contributed by atoms with Crippen LogP contribution in [0.25, 0.3) is 0 Å². The van der Waals surface area contributed by atoms with E-state index in [9.17, 15) is 18.8 Å². The minimum atomic E-state index is -0.863. The Kier molecular flexibility index (Phi) is 8.16. The lowest BCUT2D eigenvalue weighted by atomic mass is 10.0. The molecule has 5 rings (SSSR count). The highest BCUT2D eigenvalue weighted by Gasteiger charge is 2.41. The van der Waals surface area contributed by atoms with Crippen molar-refractivity contribution >= 4 is 17.7 Å².